The molecule has 0 radical (unpaired) electrons. The summed E-state index contributed by atoms with van der Waals surface area (Å²) in [5.41, 5.74) is 1.09. The molecule has 0 aliphatic carbocycles. The second-order valence-corrected chi connectivity index (χ2v) is 7.29. The van der Waals surface area contributed by atoms with E-state index in [2.05, 4.69) is 10.2 Å². The number of aromatic nitrogens is 3. The van der Waals surface area contributed by atoms with Crippen LogP contribution in [0.3, 0.4) is 0 Å². The summed E-state index contributed by atoms with van der Waals surface area (Å²) in [6.07, 6.45) is 0.646. The van der Waals surface area contributed by atoms with Gasteiger partial charge in [0.05, 0.1) is 15.7 Å². The Morgan fingerprint density at radius 2 is 1.96 bits per heavy atom. The van der Waals surface area contributed by atoms with Crippen molar-refractivity contribution in [3.05, 3.63) is 80.6 Å². The summed E-state index contributed by atoms with van der Waals surface area (Å²) in [6, 6.07) is 13.8. The third kappa shape index (κ3) is 4.58. The van der Waals surface area contributed by atoms with E-state index < -0.39 is 4.92 Å². The minimum atomic E-state index is -0.552. The smallest absolute Gasteiger partial charge is 0.270 e. The first-order valence-electron chi connectivity index (χ1n) is 8.55. The number of Topliss-reactive ketones (excluding diaryl/α,β-unsaturated/α-hetero) is 1. The third-order valence-electron chi connectivity index (χ3n) is 4.11. The Bertz CT molecular complexity index is 1010. The number of ketones is 1. The van der Waals surface area contributed by atoms with Crippen LogP contribution < -0.4 is 0 Å². The summed E-state index contributed by atoms with van der Waals surface area (Å²) in [6.45, 7) is 2.66. The number of thioether (sulfide) groups is 1. The number of halogens is 1. The lowest BCUT2D eigenvalue weighted by Gasteiger charge is -2.07. The van der Waals surface area contributed by atoms with Gasteiger partial charge in [-0.3, -0.25) is 14.9 Å². The molecule has 0 aliphatic rings. The highest BCUT2D eigenvalue weighted by molar-refractivity contribution is 7.99. The molecule has 1 heterocycles. The normalized spacial score (nSPS) is 10.8. The van der Waals surface area contributed by atoms with Gasteiger partial charge in [-0.1, -0.05) is 53.7 Å². The van der Waals surface area contributed by atoms with Crippen molar-refractivity contribution in [3.63, 3.8) is 0 Å². The van der Waals surface area contributed by atoms with E-state index in [1.165, 1.54) is 30.0 Å². The molecule has 0 spiro atoms. The fourth-order valence-electron chi connectivity index (χ4n) is 2.70. The van der Waals surface area contributed by atoms with Gasteiger partial charge in [-0.15, -0.1) is 10.2 Å². The lowest BCUT2D eigenvalue weighted by atomic mass is 10.1. The molecular weight excluding hydrogens is 400 g/mol. The second-order valence-electron chi connectivity index (χ2n) is 5.94. The number of nitro groups is 1. The quantitative estimate of drug-likeness (QED) is 0.233. The van der Waals surface area contributed by atoms with Crippen LogP contribution in [0.5, 0.6) is 0 Å². The van der Waals surface area contributed by atoms with Crippen LogP contribution in [0.4, 0.5) is 5.69 Å². The number of benzene rings is 2. The summed E-state index contributed by atoms with van der Waals surface area (Å²) in [4.78, 5) is 22.9. The molecule has 0 aliphatic heterocycles. The van der Waals surface area contributed by atoms with E-state index in [1.54, 1.807) is 0 Å². The lowest BCUT2D eigenvalue weighted by Crippen LogP contribution is -2.07. The van der Waals surface area contributed by atoms with E-state index in [1.807, 2.05) is 41.8 Å². The van der Waals surface area contributed by atoms with Crippen molar-refractivity contribution in [2.45, 2.75) is 25.0 Å². The van der Waals surface area contributed by atoms with Gasteiger partial charge in [0.25, 0.3) is 5.69 Å². The van der Waals surface area contributed by atoms with Crippen molar-refractivity contribution in [2.75, 3.05) is 5.75 Å². The summed E-state index contributed by atoms with van der Waals surface area (Å²) >= 11 is 7.28. The third-order valence-corrected chi connectivity index (χ3v) is 5.40. The molecule has 0 saturated heterocycles. The molecule has 144 valence electrons. The number of carbonyl (C=O) groups excluding carboxylic acids is 1. The highest BCUT2D eigenvalue weighted by atomic mass is 35.5. The molecule has 0 atom stereocenters. The molecule has 9 heteroatoms. The Kier molecular flexibility index (Phi) is 6.43. The predicted octanol–water partition coefficient (Wildman–Crippen LogP) is 4.43. The zero-order valence-corrected chi connectivity index (χ0v) is 16.6. The SMILES string of the molecule is CCn1c(Cc2ccccc2)nnc1SCC(=O)c1cc([N+](=O)[O-])ccc1Cl. The molecule has 28 heavy (non-hydrogen) atoms. The number of hydrogen-bond acceptors (Lipinski definition) is 6. The second kappa shape index (κ2) is 8.99. The monoisotopic (exact) mass is 416 g/mol. The maximum absolute atomic E-state index is 12.5. The van der Waals surface area contributed by atoms with Crippen molar-refractivity contribution in [1.29, 1.82) is 0 Å². The molecular formula is C19H17ClN4O3S. The average Bonchev–Trinajstić information content (AvgIpc) is 3.08. The topological polar surface area (TPSA) is 90.9 Å². The molecule has 0 N–H and O–H groups in total. The number of nitro benzene ring substituents is 1. The van der Waals surface area contributed by atoms with Gasteiger partial charge in [-0.25, -0.2) is 0 Å². The number of hydrogen-bond donors (Lipinski definition) is 0. The Balaban J connectivity index is 1.73. The Morgan fingerprint density at radius 1 is 1.21 bits per heavy atom. The standard InChI is InChI=1S/C19H17ClN4O3S/c1-2-23-18(10-13-6-4-3-5-7-13)21-22-19(23)28-12-17(25)15-11-14(24(26)27)8-9-16(15)20/h3-9,11H,2,10,12H2,1H3. The van der Waals surface area contributed by atoms with Crippen LogP contribution >= 0.6 is 23.4 Å². The van der Waals surface area contributed by atoms with Crippen LogP contribution in [0.2, 0.25) is 5.02 Å². The minimum absolute atomic E-state index is 0.0599. The van der Waals surface area contributed by atoms with E-state index in [4.69, 9.17) is 11.6 Å². The van der Waals surface area contributed by atoms with Gasteiger partial charge in [0, 0.05) is 30.7 Å². The van der Waals surface area contributed by atoms with Crippen LogP contribution in [0.25, 0.3) is 0 Å². The summed E-state index contributed by atoms with van der Waals surface area (Å²) in [7, 11) is 0. The van der Waals surface area contributed by atoms with E-state index in [0.717, 1.165) is 11.4 Å². The first kappa shape index (κ1) is 20.0. The molecule has 2 aromatic carbocycles. The fourth-order valence-corrected chi connectivity index (χ4v) is 3.83. The van der Waals surface area contributed by atoms with Crippen molar-refractivity contribution in [2.24, 2.45) is 0 Å². The van der Waals surface area contributed by atoms with Gasteiger partial charge in [0.2, 0.25) is 0 Å². The summed E-state index contributed by atoms with van der Waals surface area (Å²) < 4.78 is 1.96. The number of rotatable bonds is 8. The number of carbonyl (C=O) groups is 1. The average molecular weight is 417 g/mol. The zero-order chi connectivity index (χ0) is 20.1. The van der Waals surface area contributed by atoms with Crippen molar-refractivity contribution in [3.8, 4) is 0 Å². The minimum Gasteiger partial charge on any atom is -0.306 e. The molecule has 0 saturated carbocycles. The fraction of sp³-hybridized carbons (Fsp3) is 0.211. The summed E-state index contributed by atoms with van der Waals surface area (Å²) in [5, 5.41) is 20.2. The Labute approximate surface area is 170 Å². The van der Waals surface area contributed by atoms with Crippen molar-refractivity contribution >= 4 is 34.8 Å². The first-order valence-corrected chi connectivity index (χ1v) is 9.92. The van der Waals surface area contributed by atoms with Gasteiger partial charge in [0.1, 0.15) is 5.82 Å². The number of non-ortho nitro benzene ring substituents is 1. The molecule has 0 fully saturated rings. The van der Waals surface area contributed by atoms with Crippen LogP contribution in [0, 0.1) is 10.1 Å². The van der Waals surface area contributed by atoms with E-state index >= 15 is 0 Å². The van der Waals surface area contributed by atoms with Crippen molar-refractivity contribution < 1.29 is 9.72 Å². The van der Waals surface area contributed by atoms with Crippen LogP contribution in [0.1, 0.15) is 28.7 Å². The van der Waals surface area contributed by atoms with Crippen LogP contribution in [-0.2, 0) is 13.0 Å². The van der Waals surface area contributed by atoms with Crippen molar-refractivity contribution in [1.82, 2.24) is 14.8 Å². The largest absolute Gasteiger partial charge is 0.306 e. The van der Waals surface area contributed by atoms with Gasteiger partial charge < -0.3 is 4.57 Å². The molecule has 0 bridgehead atoms. The highest BCUT2D eigenvalue weighted by Crippen LogP contribution is 2.25. The maximum atomic E-state index is 12.5. The predicted molar refractivity (Wildman–Crippen MR) is 108 cm³/mol. The number of nitrogens with zero attached hydrogens (tertiary/aromatic N) is 4. The molecule has 0 amide bonds. The molecule has 1 aromatic heterocycles. The molecule has 7 nitrogen and oxygen atoms in total. The van der Waals surface area contributed by atoms with Gasteiger partial charge in [0.15, 0.2) is 10.9 Å². The van der Waals surface area contributed by atoms with Crippen LogP contribution in [0.15, 0.2) is 53.7 Å². The van der Waals surface area contributed by atoms with Gasteiger partial charge in [-0.2, -0.15) is 0 Å². The Hall–Kier alpha value is -2.71. The van der Waals surface area contributed by atoms with Gasteiger partial charge >= 0.3 is 0 Å². The zero-order valence-electron chi connectivity index (χ0n) is 15.0. The molecule has 3 aromatic rings. The lowest BCUT2D eigenvalue weighted by molar-refractivity contribution is -0.384. The van der Waals surface area contributed by atoms with Gasteiger partial charge in [-0.05, 0) is 18.6 Å². The Morgan fingerprint density at radius 3 is 2.64 bits per heavy atom. The molecule has 3 rings (SSSR count). The maximum Gasteiger partial charge on any atom is 0.270 e. The highest BCUT2D eigenvalue weighted by Gasteiger charge is 2.18. The van der Waals surface area contributed by atoms with E-state index in [0.29, 0.717) is 18.1 Å². The van der Waals surface area contributed by atoms with E-state index in [9.17, 15) is 14.9 Å². The summed E-state index contributed by atoms with van der Waals surface area (Å²) in [5.74, 6) is 0.579. The van der Waals surface area contributed by atoms with E-state index in [-0.39, 0.29) is 27.8 Å². The van der Waals surface area contributed by atoms with Crippen LogP contribution in [-0.4, -0.2) is 31.2 Å². The molecule has 0 unspecified atom stereocenters. The first-order chi connectivity index (χ1) is 13.5.